The van der Waals surface area contributed by atoms with Gasteiger partial charge in [0.2, 0.25) is 0 Å². The maximum Gasteiger partial charge on any atom is 0.0542 e. The zero-order valence-corrected chi connectivity index (χ0v) is 30.1. The molecule has 2 heteroatoms. The third-order valence-corrected chi connectivity index (χ3v) is 10.6. The molecule has 1 heterocycles. The third-order valence-electron chi connectivity index (χ3n) is 10.6. The standard InChI is InChI=1S/C41H32N2.C10H8/c1-28-20-22-30(23-21-28)42(27-39-35-16-8-6-14-33(35)29(2)34-15-7-9-17-36(34)39)32-24-25-41-38(26-32)37-18-10-11-19-40(37)43(41)31-12-4-3-5-13-31;1-2-6-10-8-4-3-7-9(10)5-1/h3-26H,27H2,1-2H3;1-8H. The molecule has 0 N–H and O–H groups in total. The Morgan fingerprint density at radius 2 is 0.868 bits per heavy atom. The Kier molecular flexibility index (Phi) is 8.42. The topological polar surface area (TPSA) is 8.17 Å². The minimum atomic E-state index is 0.757. The first-order valence-corrected chi connectivity index (χ1v) is 18.4. The van der Waals surface area contributed by atoms with E-state index in [0.717, 1.165) is 6.54 Å². The van der Waals surface area contributed by atoms with E-state index in [2.05, 4.69) is 217 Å². The fourth-order valence-electron chi connectivity index (χ4n) is 7.94. The van der Waals surface area contributed by atoms with Crippen molar-refractivity contribution in [3.8, 4) is 5.69 Å². The Bertz CT molecular complexity index is 2760. The molecule has 2 nitrogen and oxygen atoms in total. The molecule has 0 radical (unpaired) electrons. The highest BCUT2D eigenvalue weighted by Crippen LogP contribution is 2.39. The minimum Gasteiger partial charge on any atom is -0.337 e. The number of aromatic nitrogens is 1. The number of aryl methyl sites for hydroxylation is 2. The number of hydrogen-bond donors (Lipinski definition) is 0. The normalized spacial score (nSPS) is 11.3. The number of anilines is 2. The lowest BCUT2D eigenvalue weighted by Gasteiger charge is -2.27. The average Bonchev–Trinajstić information content (AvgIpc) is 3.56. The second-order valence-electron chi connectivity index (χ2n) is 13.9. The number of fused-ring (bicyclic) bond motifs is 6. The molecular formula is C51H40N2. The smallest absolute Gasteiger partial charge is 0.0542 e. The predicted molar refractivity (Wildman–Crippen MR) is 228 cm³/mol. The van der Waals surface area contributed by atoms with Gasteiger partial charge in [-0.2, -0.15) is 0 Å². The van der Waals surface area contributed by atoms with Crippen molar-refractivity contribution in [2.75, 3.05) is 4.90 Å². The summed E-state index contributed by atoms with van der Waals surface area (Å²) in [5.74, 6) is 0. The molecule has 9 aromatic carbocycles. The van der Waals surface area contributed by atoms with Gasteiger partial charge in [-0.1, -0.05) is 151 Å². The number of benzene rings is 9. The Labute approximate surface area is 310 Å². The summed E-state index contributed by atoms with van der Waals surface area (Å²) in [6, 6.07) is 69.8. The van der Waals surface area contributed by atoms with Gasteiger partial charge >= 0.3 is 0 Å². The van der Waals surface area contributed by atoms with Crippen molar-refractivity contribution in [2.45, 2.75) is 20.4 Å². The first-order valence-electron chi connectivity index (χ1n) is 18.4. The van der Waals surface area contributed by atoms with E-state index in [1.807, 2.05) is 0 Å². The monoisotopic (exact) mass is 680 g/mol. The van der Waals surface area contributed by atoms with Crippen molar-refractivity contribution >= 4 is 65.5 Å². The maximum absolute atomic E-state index is 2.48. The second kappa shape index (κ2) is 13.8. The Morgan fingerprint density at radius 3 is 1.47 bits per heavy atom. The lowest BCUT2D eigenvalue weighted by Crippen LogP contribution is -2.17. The van der Waals surface area contributed by atoms with Gasteiger partial charge in [-0.25, -0.2) is 0 Å². The van der Waals surface area contributed by atoms with Crippen molar-refractivity contribution in [3.63, 3.8) is 0 Å². The van der Waals surface area contributed by atoms with Gasteiger partial charge in [-0.3, -0.25) is 0 Å². The van der Waals surface area contributed by atoms with Gasteiger partial charge in [0.1, 0.15) is 0 Å². The van der Waals surface area contributed by atoms with E-state index in [4.69, 9.17) is 0 Å². The summed E-state index contributed by atoms with van der Waals surface area (Å²) in [5.41, 5.74) is 9.93. The quantitative estimate of drug-likeness (QED) is 0.164. The van der Waals surface area contributed by atoms with Crippen LogP contribution in [-0.2, 0) is 6.54 Å². The van der Waals surface area contributed by atoms with Crippen LogP contribution >= 0.6 is 0 Å². The summed E-state index contributed by atoms with van der Waals surface area (Å²) >= 11 is 0. The molecule has 0 aliphatic heterocycles. The highest BCUT2D eigenvalue weighted by atomic mass is 15.1. The molecule has 0 atom stereocenters. The molecule has 10 rings (SSSR count). The van der Waals surface area contributed by atoms with Gasteiger partial charge < -0.3 is 9.47 Å². The molecule has 53 heavy (non-hydrogen) atoms. The number of para-hydroxylation sites is 2. The predicted octanol–water partition coefficient (Wildman–Crippen LogP) is 13.9. The third kappa shape index (κ3) is 5.99. The molecule has 0 aliphatic carbocycles. The summed E-state index contributed by atoms with van der Waals surface area (Å²) in [6.45, 7) is 5.16. The van der Waals surface area contributed by atoms with Gasteiger partial charge in [-0.15, -0.1) is 0 Å². The number of rotatable bonds is 5. The van der Waals surface area contributed by atoms with Crippen LogP contribution in [0.15, 0.2) is 194 Å². The fourth-order valence-corrected chi connectivity index (χ4v) is 7.94. The van der Waals surface area contributed by atoms with Gasteiger partial charge in [0.25, 0.3) is 0 Å². The van der Waals surface area contributed by atoms with Crippen LogP contribution in [0.3, 0.4) is 0 Å². The summed E-state index contributed by atoms with van der Waals surface area (Å²) < 4.78 is 2.38. The average molecular weight is 681 g/mol. The molecule has 1 aromatic heterocycles. The highest BCUT2D eigenvalue weighted by Gasteiger charge is 2.19. The van der Waals surface area contributed by atoms with Crippen molar-refractivity contribution in [2.24, 2.45) is 0 Å². The number of nitrogens with zero attached hydrogens (tertiary/aromatic N) is 2. The van der Waals surface area contributed by atoms with Crippen LogP contribution in [0.4, 0.5) is 11.4 Å². The second-order valence-corrected chi connectivity index (χ2v) is 13.9. The van der Waals surface area contributed by atoms with E-state index in [0.29, 0.717) is 0 Å². The van der Waals surface area contributed by atoms with Crippen LogP contribution < -0.4 is 4.90 Å². The molecule has 0 fully saturated rings. The molecule has 254 valence electrons. The zero-order valence-electron chi connectivity index (χ0n) is 30.1. The van der Waals surface area contributed by atoms with Crippen LogP contribution in [0.5, 0.6) is 0 Å². The zero-order chi connectivity index (χ0) is 35.7. The molecule has 0 unspecified atom stereocenters. The maximum atomic E-state index is 2.48. The van der Waals surface area contributed by atoms with E-state index < -0.39 is 0 Å². The molecule has 0 bridgehead atoms. The van der Waals surface area contributed by atoms with E-state index >= 15 is 0 Å². The molecule has 10 aromatic rings. The minimum absolute atomic E-state index is 0.757. The van der Waals surface area contributed by atoms with Gasteiger partial charge in [0.05, 0.1) is 11.0 Å². The van der Waals surface area contributed by atoms with Crippen LogP contribution in [0, 0.1) is 13.8 Å². The first-order chi connectivity index (χ1) is 26.1. The van der Waals surface area contributed by atoms with Crippen molar-refractivity contribution in [3.05, 3.63) is 211 Å². The van der Waals surface area contributed by atoms with Gasteiger partial charge in [0, 0.05) is 34.4 Å². The lowest BCUT2D eigenvalue weighted by atomic mass is 9.92. The Hall–Kier alpha value is -6.64. The summed E-state index contributed by atoms with van der Waals surface area (Å²) in [5, 5.41) is 10.4. The van der Waals surface area contributed by atoms with Crippen molar-refractivity contribution in [1.29, 1.82) is 0 Å². The molecule has 0 saturated carbocycles. The number of hydrogen-bond acceptors (Lipinski definition) is 1. The highest BCUT2D eigenvalue weighted by molar-refractivity contribution is 6.11. The van der Waals surface area contributed by atoms with Crippen molar-refractivity contribution in [1.82, 2.24) is 4.57 Å². The molecule has 0 saturated heterocycles. The van der Waals surface area contributed by atoms with Gasteiger partial charge in [0.15, 0.2) is 0 Å². The van der Waals surface area contributed by atoms with Crippen LogP contribution in [0.25, 0.3) is 59.8 Å². The van der Waals surface area contributed by atoms with Crippen LogP contribution in [-0.4, -0.2) is 4.57 Å². The lowest BCUT2D eigenvalue weighted by molar-refractivity contribution is 0.993. The molecule has 0 amide bonds. The molecular weight excluding hydrogens is 641 g/mol. The largest absolute Gasteiger partial charge is 0.337 e. The van der Waals surface area contributed by atoms with E-state index in [9.17, 15) is 0 Å². The summed E-state index contributed by atoms with van der Waals surface area (Å²) in [6.07, 6.45) is 0. The van der Waals surface area contributed by atoms with Crippen LogP contribution in [0.1, 0.15) is 16.7 Å². The Balaban J connectivity index is 0.000000321. The van der Waals surface area contributed by atoms with Crippen molar-refractivity contribution < 1.29 is 0 Å². The molecule has 0 spiro atoms. The van der Waals surface area contributed by atoms with Gasteiger partial charge in [-0.05, 0) is 106 Å². The Morgan fingerprint density at radius 1 is 0.396 bits per heavy atom. The summed E-state index contributed by atoms with van der Waals surface area (Å²) in [7, 11) is 0. The fraction of sp³-hybridized carbons (Fsp3) is 0.0588. The molecule has 0 aliphatic rings. The van der Waals surface area contributed by atoms with Crippen LogP contribution in [0.2, 0.25) is 0 Å². The van der Waals surface area contributed by atoms with E-state index in [1.54, 1.807) is 0 Å². The SMILES string of the molecule is Cc1ccc(N(Cc2c3ccccc3c(C)c3ccccc23)c2ccc3c(c2)c2ccccc2n3-c2ccccc2)cc1.c1ccc2ccccc2c1. The van der Waals surface area contributed by atoms with E-state index in [-0.39, 0.29) is 0 Å². The summed E-state index contributed by atoms with van der Waals surface area (Å²) in [4.78, 5) is 2.48. The van der Waals surface area contributed by atoms with E-state index in [1.165, 1.54) is 87.9 Å². The first kappa shape index (κ1) is 32.3.